The molecular formula is C26H21BrCl2N2O3S. The number of hydrogen-bond donors (Lipinski definition) is 0. The van der Waals surface area contributed by atoms with Crippen LogP contribution < -0.4 is 9.47 Å². The number of halogens is 3. The summed E-state index contributed by atoms with van der Waals surface area (Å²) in [5.74, 6) is 1.37. The van der Waals surface area contributed by atoms with Gasteiger partial charge in [-0.15, -0.1) is 0 Å². The molecule has 0 saturated carbocycles. The lowest BCUT2D eigenvalue weighted by Crippen LogP contribution is -2.28. The highest BCUT2D eigenvalue weighted by molar-refractivity contribution is 9.10. The van der Waals surface area contributed by atoms with E-state index < -0.39 is 0 Å². The fraction of sp³-hybridized carbons (Fsp3) is 0.154. The molecule has 0 N–H and O–H groups in total. The van der Waals surface area contributed by atoms with E-state index in [1.165, 1.54) is 11.8 Å². The van der Waals surface area contributed by atoms with Gasteiger partial charge in [-0.05, 0) is 100 Å². The molecule has 4 rings (SSSR count). The first-order valence-electron chi connectivity index (χ1n) is 10.7. The Balaban J connectivity index is 1.49. The molecule has 0 bridgehead atoms. The predicted molar refractivity (Wildman–Crippen MR) is 148 cm³/mol. The van der Waals surface area contributed by atoms with Crippen molar-refractivity contribution in [1.29, 1.82) is 0 Å². The molecule has 180 valence electrons. The largest absolute Gasteiger partial charge is 0.497 e. The van der Waals surface area contributed by atoms with E-state index in [1.54, 1.807) is 24.1 Å². The van der Waals surface area contributed by atoms with Gasteiger partial charge in [0.25, 0.3) is 5.91 Å². The zero-order valence-electron chi connectivity index (χ0n) is 18.9. The Kier molecular flexibility index (Phi) is 8.44. The Morgan fingerprint density at radius 1 is 1.06 bits per heavy atom. The van der Waals surface area contributed by atoms with E-state index in [-0.39, 0.29) is 5.91 Å². The molecule has 5 nitrogen and oxygen atoms in total. The maximum absolute atomic E-state index is 13.0. The lowest BCUT2D eigenvalue weighted by Gasteiger charge is -2.12. The zero-order chi connectivity index (χ0) is 24.9. The van der Waals surface area contributed by atoms with Crippen molar-refractivity contribution in [2.45, 2.75) is 13.5 Å². The number of carbonyl (C=O) groups is 1. The van der Waals surface area contributed by atoms with Gasteiger partial charge in [-0.25, -0.2) is 4.99 Å². The van der Waals surface area contributed by atoms with Gasteiger partial charge < -0.3 is 9.47 Å². The predicted octanol–water partition coefficient (Wildman–Crippen LogP) is 7.97. The highest BCUT2D eigenvalue weighted by Gasteiger charge is 2.32. The average Bonchev–Trinajstić information content (AvgIpc) is 3.14. The molecule has 35 heavy (non-hydrogen) atoms. The van der Waals surface area contributed by atoms with Gasteiger partial charge in [-0.1, -0.05) is 35.3 Å². The number of nitrogens with zero attached hydrogens (tertiary/aromatic N) is 2. The van der Waals surface area contributed by atoms with Crippen molar-refractivity contribution in [3.8, 4) is 11.5 Å². The second-order valence-electron chi connectivity index (χ2n) is 7.48. The molecule has 1 aliphatic rings. The number of amides is 1. The summed E-state index contributed by atoms with van der Waals surface area (Å²) in [5, 5.41) is 1.64. The van der Waals surface area contributed by atoms with Crippen molar-refractivity contribution in [3.63, 3.8) is 0 Å². The minimum absolute atomic E-state index is 0.0687. The standard InChI is InChI=1S/C26H21BrCl2N2O3S/c1-3-31-25(32)24(35-26(31)30-18-6-8-19(33-2)9-7-18)14-16-5-11-23(20(27)12-16)34-15-17-4-10-21(28)22(29)13-17/h4-14H,3,15H2,1-2H3/b24-14+,30-26?. The number of amidine groups is 1. The second-order valence-corrected chi connectivity index (χ2v) is 10.2. The number of ether oxygens (including phenoxy) is 2. The molecule has 1 amide bonds. The molecule has 1 heterocycles. The molecule has 3 aromatic carbocycles. The molecule has 0 spiro atoms. The van der Waals surface area contributed by atoms with Crippen molar-refractivity contribution in [2.75, 3.05) is 13.7 Å². The average molecular weight is 592 g/mol. The molecule has 0 unspecified atom stereocenters. The SMILES string of the molecule is CCN1C(=O)/C(=C\c2ccc(OCc3ccc(Cl)c(Cl)c3)c(Br)c2)SC1=Nc1ccc(OC)cc1. The number of likely N-dealkylation sites (N-methyl/N-ethyl adjacent to an activating group) is 1. The molecule has 9 heteroatoms. The summed E-state index contributed by atoms with van der Waals surface area (Å²) in [4.78, 5) is 19.9. The fourth-order valence-corrected chi connectivity index (χ4v) is 5.20. The summed E-state index contributed by atoms with van der Waals surface area (Å²) < 4.78 is 11.9. The first kappa shape index (κ1) is 25.6. The lowest BCUT2D eigenvalue weighted by molar-refractivity contribution is -0.122. The van der Waals surface area contributed by atoms with Gasteiger partial charge in [-0.2, -0.15) is 0 Å². The minimum Gasteiger partial charge on any atom is -0.497 e. The van der Waals surface area contributed by atoms with Gasteiger partial charge in [-0.3, -0.25) is 9.69 Å². The number of carbonyl (C=O) groups excluding carboxylic acids is 1. The van der Waals surface area contributed by atoms with E-state index in [2.05, 4.69) is 20.9 Å². The first-order chi connectivity index (χ1) is 16.9. The number of aliphatic imine (C=N–C) groups is 1. The number of methoxy groups -OCH3 is 1. The Bertz CT molecular complexity index is 1310. The molecule has 0 atom stereocenters. The first-order valence-corrected chi connectivity index (χ1v) is 13.0. The molecule has 0 radical (unpaired) electrons. The van der Waals surface area contributed by atoms with Gasteiger partial charge >= 0.3 is 0 Å². The molecule has 3 aromatic rings. The second kappa shape index (κ2) is 11.5. The van der Waals surface area contributed by atoms with Crippen molar-refractivity contribution >= 4 is 73.7 Å². The van der Waals surface area contributed by atoms with Crippen molar-refractivity contribution < 1.29 is 14.3 Å². The fourth-order valence-electron chi connectivity index (χ4n) is 3.30. The summed E-state index contributed by atoms with van der Waals surface area (Å²) >= 11 is 17.0. The third-order valence-electron chi connectivity index (χ3n) is 5.13. The van der Waals surface area contributed by atoms with Gasteiger partial charge in [0.05, 0.1) is 32.2 Å². The quantitative estimate of drug-likeness (QED) is 0.261. The smallest absolute Gasteiger partial charge is 0.266 e. The van der Waals surface area contributed by atoms with Crippen LogP contribution in [0.25, 0.3) is 6.08 Å². The topological polar surface area (TPSA) is 51.1 Å². The van der Waals surface area contributed by atoms with Crippen LogP contribution in [0.3, 0.4) is 0 Å². The highest BCUT2D eigenvalue weighted by atomic mass is 79.9. The molecule has 0 aliphatic carbocycles. The minimum atomic E-state index is -0.0687. The summed E-state index contributed by atoms with van der Waals surface area (Å²) in [6, 6.07) is 18.5. The molecule has 0 aromatic heterocycles. The van der Waals surface area contributed by atoms with E-state index in [0.717, 1.165) is 27.0 Å². The van der Waals surface area contributed by atoms with E-state index in [1.807, 2.05) is 61.5 Å². The van der Waals surface area contributed by atoms with Crippen LogP contribution in [0.1, 0.15) is 18.1 Å². The molecular weight excluding hydrogens is 571 g/mol. The Morgan fingerprint density at radius 3 is 2.49 bits per heavy atom. The summed E-state index contributed by atoms with van der Waals surface area (Å²) in [5.41, 5.74) is 2.54. The number of thioether (sulfide) groups is 1. The van der Waals surface area contributed by atoms with Crippen LogP contribution in [0.5, 0.6) is 11.5 Å². The summed E-state index contributed by atoms with van der Waals surface area (Å²) in [6.45, 7) is 2.81. The van der Waals surface area contributed by atoms with Gasteiger partial charge in [0.15, 0.2) is 5.17 Å². The number of hydrogen-bond acceptors (Lipinski definition) is 5. The van der Waals surface area contributed by atoms with Crippen molar-refractivity contribution in [2.24, 2.45) is 4.99 Å². The number of rotatable bonds is 7. The molecule has 1 saturated heterocycles. The van der Waals surface area contributed by atoms with Crippen LogP contribution in [0.2, 0.25) is 10.0 Å². The lowest BCUT2D eigenvalue weighted by atomic mass is 10.2. The zero-order valence-corrected chi connectivity index (χ0v) is 22.8. The Hall–Kier alpha value is -2.45. The molecule has 1 aliphatic heterocycles. The highest BCUT2D eigenvalue weighted by Crippen LogP contribution is 2.35. The van der Waals surface area contributed by atoms with Gasteiger partial charge in [0, 0.05) is 6.54 Å². The normalized spacial score (nSPS) is 15.8. The van der Waals surface area contributed by atoms with Gasteiger partial charge in [0.1, 0.15) is 18.1 Å². The van der Waals surface area contributed by atoms with Crippen LogP contribution in [0, 0.1) is 0 Å². The van der Waals surface area contributed by atoms with Gasteiger partial charge in [0.2, 0.25) is 0 Å². The Morgan fingerprint density at radius 2 is 1.83 bits per heavy atom. The third kappa shape index (κ3) is 6.22. The van der Waals surface area contributed by atoms with Crippen LogP contribution >= 0.6 is 50.9 Å². The Labute approximate surface area is 226 Å². The van der Waals surface area contributed by atoms with E-state index in [0.29, 0.717) is 39.0 Å². The van der Waals surface area contributed by atoms with E-state index in [9.17, 15) is 4.79 Å². The monoisotopic (exact) mass is 590 g/mol. The van der Waals surface area contributed by atoms with E-state index in [4.69, 9.17) is 32.7 Å². The van der Waals surface area contributed by atoms with E-state index >= 15 is 0 Å². The molecule has 1 fully saturated rings. The van der Waals surface area contributed by atoms with Crippen molar-refractivity contribution in [3.05, 3.63) is 91.2 Å². The maximum Gasteiger partial charge on any atom is 0.266 e. The number of benzene rings is 3. The van der Waals surface area contributed by atoms with Crippen molar-refractivity contribution in [1.82, 2.24) is 4.90 Å². The maximum atomic E-state index is 13.0. The van der Waals surface area contributed by atoms with Crippen LogP contribution in [0.4, 0.5) is 5.69 Å². The van der Waals surface area contributed by atoms with Crippen LogP contribution in [-0.2, 0) is 11.4 Å². The summed E-state index contributed by atoms with van der Waals surface area (Å²) in [7, 11) is 1.62. The summed E-state index contributed by atoms with van der Waals surface area (Å²) in [6.07, 6.45) is 1.86. The van der Waals surface area contributed by atoms with Crippen LogP contribution in [-0.4, -0.2) is 29.6 Å². The third-order valence-corrected chi connectivity index (χ3v) is 7.50. The van der Waals surface area contributed by atoms with Crippen LogP contribution in [0.15, 0.2) is 75.0 Å².